The summed E-state index contributed by atoms with van der Waals surface area (Å²) < 4.78 is 0. The molecule has 0 aliphatic carbocycles. The van der Waals surface area contributed by atoms with Crippen LogP contribution < -0.4 is 5.32 Å². The Labute approximate surface area is 77.6 Å². The molecule has 0 fully saturated rings. The minimum atomic E-state index is 0.212. The normalized spacial score (nSPS) is 26.5. The first-order chi connectivity index (χ1) is 5.73. The van der Waals surface area contributed by atoms with Gasteiger partial charge < -0.3 is 5.32 Å². The summed E-state index contributed by atoms with van der Waals surface area (Å²) in [6.45, 7) is 4.46. The molecular weight excluding hydrogens is 166 g/mol. The van der Waals surface area contributed by atoms with E-state index in [9.17, 15) is 0 Å². The summed E-state index contributed by atoms with van der Waals surface area (Å²) in [6.07, 6.45) is 1.15. The minimum absolute atomic E-state index is 0.212. The van der Waals surface area contributed by atoms with Gasteiger partial charge in [-0.25, -0.2) is 0 Å². The number of hydrogen-bond donors (Lipinski definition) is 1. The molecule has 0 spiro atoms. The zero-order valence-corrected chi connectivity index (χ0v) is 8.24. The maximum Gasteiger partial charge on any atom is 0.0849 e. The number of benzene rings is 1. The minimum Gasteiger partial charge on any atom is -0.370 e. The van der Waals surface area contributed by atoms with Crippen molar-refractivity contribution in [3.8, 4) is 0 Å². The lowest BCUT2D eigenvalue weighted by Crippen LogP contribution is -2.24. The Kier molecular flexibility index (Phi) is 1.80. The fourth-order valence-corrected chi connectivity index (χ4v) is 2.54. The highest BCUT2D eigenvalue weighted by molar-refractivity contribution is 8.01. The third-order valence-corrected chi connectivity index (χ3v) is 3.71. The maximum absolute atomic E-state index is 3.52. The van der Waals surface area contributed by atoms with Crippen LogP contribution >= 0.6 is 11.8 Å². The topological polar surface area (TPSA) is 12.0 Å². The van der Waals surface area contributed by atoms with Gasteiger partial charge in [0.2, 0.25) is 0 Å². The molecule has 0 unspecified atom stereocenters. The molecular formula is C10H13NS. The number of rotatable bonds is 1. The van der Waals surface area contributed by atoms with Crippen molar-refractivity contribution in [2.24, 2.45) is 0 Å². The molecule has 0 saturated carbocycles. The zero-order valence-electron chi connectivity index (χ0n) is 7.42. The molecule has 1 N–H and O–H groups in total. The van der Waals surface area contributed by atoms with Gasteiger partial charge in [-0.05, 0) is 25.5 Å². The Balaban J connectivity index is 2.33. The lowest BCUT2D eigenvalue weighted by atomic mass is 10.2. The zero-order chi connectivity index (χ0) is 8.60. The van der Waals surface area contributed by atoms with E-state index in [4.69, 9.17) is 0 Å². The van der Waals surface area contributed by atoms with Crippen LogP contribution in [0.1, 0.15) is 20.3 Å². The first-order valence-electron chi connectivity index (χ1n) is 4.30. The molecule has 1 heterocycles. The van der Waals surface area contributed by atoms with Crippen molar-refractivity contribution in [3.63, 3.8) is 0 Å². The number of anilines is 1. The van der Waals surface area contributed by atoms with Crippen molar-refractivity contribution in [1.82, 2.24) is 0 Å². The smallest absolute Gasteiger partial charge is 0.0849 e. The van der Waals surface area contributed by atoms with Gasteiger partial charge in [0.15, 0.2) is 0 Å². The highest BCUT2D eigenvalue weighted by atomic mass is 32.2. The number of para-hydroxylation sites is 1. The van der Waals surface area contributed by atoms with Gasteiger partial charge in [-0.15, -0.1) is 0 Å². The van der Waals surface area contributed by atoms with Crippen LogP contribution in [0.2, 0.25) is 0 Å². The molecule has 2 heteroatoms. The largest absolute Gasteiger partial charge is 0.370 e. The Morgan fingerprint density at radius 1 is 1.42 bits per heavy atom. The van der Waals surface area contributed by atoms with E-state index in [1.54, 1.807) is 0 Å². The predicted octanol–water partition coefficient (Wildman–Crippen LogP) is 3.33. The van der Waals surface area contributed by atoms with E-state index in [1.165, 1.54) is 10.6 Å². The summed E-state index contributed by atoms with van der Waals surface area (Å²) in [7, 11) is 0. The van der Waals surface area contributed by atoms with Gasteiger partial charge in [0.05, 0.1) is 4.87 Å². The van der Waals surface area contributed by atoms with Crippen molar-refractivity contribution in [2.45, 2.75) is 30.0 Å². The summed E-state index contributed by atoms with van der Waals surface area (Å²) in [6, 6.07) is 8.49. The van der Waals surface area contributed by atoms with E-state index in [2.05, 4.69) is 43.4 Å². The van der Waals surface area contributed by atoms with Crippen LogP contribution in [0.5, 0.6) is 0 Å². The second-order valence-electron chi connectivity index (χ2n) is 3.31. The second kappa shape index (κ2) is 2.70. The highest BCUT2D eigenvalue weighted by Crippen LogP contribution is 2.46. The standard InChI is InChI=1S/C10H13NS/c1-3-10(2)11-8-6-4-5-7-9(8)12-10/h4-7,11H,3H2,1-2H3/t10-/m1/s1. The molecule has 64 valence electrons. The molecule has 12 heavy (non-hydrogen) atoms. The number of thioether (sulfide) groups is 1. The molecule has 1 atom stereocenters. The third kappa shape index (κ3) is 1.20. The summed E-state index contributed by atoms with van der Waals surface area (Å²) in [4.78, 5) is 1.59. The van der Waals surface area contributed by atoms with Crippen molar-refractivity contribution >= 4 is 17.4 Å². The lowest BCUT2D eigenvalue weighted by Gasteiger charge is -2.21. The second-order valence-corrected chi connectivity index (χ2v) is 4.85. The first kappa shape index (κ1) is 7.99. The van der Waals surface area contributed by atoms with E-state index in [-0.39, 0.29) is 4.87 Å². The molecule has 2 rings (SSSR count). The number of hydrogen-bond acceptors (Lipinski definition) is 2. The van der Waals surface area contributed by atoms with E-state index in [1.807, 2.05) is 11.8 Å². The molecule has 0 aromatic heterocycles. The molecule has 1 aliphatic heterocycles. The Bertz CT molecular complexity index is 271. The van der Waals surface area contributed by atoms with Gasteiger partial charge in [0.1, 0.15) is 0 Å². The molecule has 0 saturated heterocycles. The van der Waals surface area contributed by atoms with Gasteiger partial charge in [-0.2, -0.15) is 0 Å². The van der Waals surface area contributed by atoms with E-state index >= 15 is 0 Å². The van der Waals surface area contributed by atoms with Gasteiger partial charge in [0, 0.05) is 10.6 Å². The van der Waals surface area contributed by atoms with Crippen LogP contribution in [-0.2, 0) is 0 Å². The average molecular weight is 179 g/mol. The monoisotopic (exact) mass is 179 g/mol. The van der Waals surface area contributed by atoms with Gasteiger partial charge in [-0.3, -0.25) is 0 Å². The van der Waals surface area contributed by atoms with Crippen molar-refractivity contribution in [2.75, 3.05) is 5.32 Å². The van der Waals surface area contributed by atoms with Crippen LogP contribution in [0.25, 0.3) is 0 Å². The first-order valence-corrected chi connectivity index (χ1v) is 5.11. The summed E-state index contributed by atoms with van der Waals surface area (Å²) >= 11 is 1.93. The number of nitrogens with one attached hydrogen (secondary N) is 1. The van der Waals surface area contributed by atoms with Crippen molar-refractivity contribution in [1.29, 1.82) is 0 Å². The molecule has 1 aromatic carbocycles. The predicted molar refractivity (Wildman–Crippen MR) is 54.6 cm³/mol. The van der Waals surface area contributed by atoms with Crippen LogP contribution in [-0.4, -0.2) is 4.87 Å². The summed E-state index contributed by atoms with van der Waals surface area (Å²) in [5, 5.41) is 3.52. The van der Waals surface area contributed by atoms with Crippen LogP contribution in [0.4, 0.5) is 5.69 Å². The Morgan fingerprint density at radius 3 is 2.83 bits per heavy atom. The molecule has 1 aliphatic rings. The highest BCUT2D eigenvalue weighted by Gasteiger charge is 2.30. The SMILES string of the molecule is CC[C@]1(C)Nc2ccccc2S1. The Hall–Kier alpha value is -0.630. The molecule has 1 nitrogen and oxygen atoms in total. The van der Waals surface area contributed by atoms with E-state index in [0.29, 0.717) is 0 Å². The fraction of sp³-hybridized carbons (Fsp3) is 0.400. The third-order valence-electron chi connectivity index (χ3n) is 2.30. The van der Waals surface area contributed by atoms with Gasteiger partial charge in [-0.1, -0.05) is 30.8 Å². The van der Waals surface area contributed by atoms with Crippen LogP contribution in [0.15, 0.2) is 29.2 Å². The van der Waals surface area contributed by atoms with Crippen LogP contribution in [0.3, 0.4) is 0 Å². The Morgan fingerprint density at radius 2 is 2.17 bits per heavy atom. The summed E-state index contributed by atoms with van der Waals surface area (Å²) in [5.41, 5.74) is 1.28. The quantitative estimate of drug-likeness (QED) is 0.709. The van der Waals surface area contributed by atoms with Crippen molar-refractivity contribution in [3.05, 3.63) is 24.3 Å². The molecule has 1 aromatic rings. The summed E-state index contributed by atoms with van der Waals surface area (Å²) in [5.74, 6) is 0. The fourth-order valence-electron chi connectivity index (χ4n) is 1.37. The van der Waals surface area contributed by atoms with Crippen molar-refractivity contribution < 1.29 is 0 Å². The van der Waals surface area contributed by atoms with Gasteiger partial charge >= 0.3 is 0 Å². The average Bonchev–Trinajstić information content (AvgIpc) is 2.42. The van der Waals surface area contributed by atoms with E-state index in [0.717, 1.165) is 6.42 Å². The molecule has 0 bridgehead atoms. The van der Waals surface area contributed by atoms with Gasteiger partial charge in [0.25, 0.3) is 0 Å². The molecule has 0 radical (unpaired) electrons. The molecule has 0 amide bonds. The maximum atomic E-state index is 3.52. The lowest BCUT2D eigenvalue weighted by molar-refractivity contribution is 0.711. The number of fused-ring (bicyclic) bond motifs is 1. The van der Waals surface area contributed by atoms with E-state index < -0.39 is 0 Å². The van der Waals surface area contributed by atoms with Crippen LogP contribution in [0, 0.1) is 0 Å².